The highest BCUT2D eigenvalue weighted by molar-refractivity contribution is 5.86. The van der Waals surface area contributed by atoms with E-state index in [0.717, 1.165) is 18.7 Å². The Morgan fingerprint density at radius 1 is 1.14 bits per heavy atom. The van der Waals surface area contributed by atoms with Crippen molar-refractivity contribution in [3.63, 3.8) is 0 Å². The second kappa shape index (κ2) is 5.18. The lowest BCUT2D eigenvalue weighted by atomic mass is 9.92. The number of H-pyrrole nitrogens is 1. The van der Waals surface area contributed by atoms with Gasteiger partial charge in [0.1, 0.15) is 5.75 Å². The Morgan fingerprint density at radius 3 is 2.82 bits per heavy atom. The van der Waals surface area contributed by atoms with Crippen molar-refractivity contribution < 1.29 is 4.74 Å². The van der Waals surface area contributed by atoms with Crippen LogP contribution in [0.4, 0.5) is 0 Å². The molecule has 0 spiro atoms. The van der Waals surface area contributed by atoms with Crippen LogP contribution in [-0.4, -0.2) is 18.6 Å². The van der Waals surface area contributed by atoms with Gasteiger partial charge in [0.2, 0.25) is 0 Å². The largest absolute Gasteiger partial charge is 0.497 e. The maximum atomic E-state index is 5.38. The molecule has 0 unspecified atom stereocenters. The SMILES string of the molecule is COc1ccc2[nH]c3c(c2c1)CCN[C@@H]3c1ccccc1C. The number of benzene rings is 2. The molecule has 0 radical (unpaired) electrons. The van der Waals surface area contributed by atoms with E-state index in [9.17, 15) is 0 Å². The molecule has 3 aromatic rings. The van der Waals surface area contributed by atoms with Crippen molar-refractivity contribution >= 4 is 10.9 Å². The van der Waals surface area contributed by atoms with Gasteiger partial charge in [-0.1, -0.05) is 24.3 Å². The van der Waals surface area contributed by atoms with Gasteiger partial charge < -0.3 is 15.0 Å². The van der Waals surface area contributed by atoms with E-state index in [1.807, 2.05) is 6.07 Å². The predicted octanol–water partition coefficient (Wildman–Crippen LogP) is 3.72. The predicted molar refractivity (Wildman–Crippen MR) is 89.6 cm³/mol. The summed E-state index contributed by atoms with van der Waals surface area (Å²) in [5.74, 6) is 0.917. The number of aromatic amines is 1. The molecule has 1 aromatic heterocycles. The molecule has 2 aromatic carbocycles. The van der Waals surface area contributed by atoms with Crippen molar-refractivity contribution in [1.82, 2.24) is 10.3 Å². The van der Waals surface area contributed by atoms with Crippen LogP contribution in [-0.2, 0) is 6.42 Å². The van der Waals surface area contributed by atoms with Gasteiger partial charge in [-0.15, -0.1) is 0 Å². The number of aromatic nitrogens is 1. The summed E-state index contributed by atoms with van der Waals surface area (Å²) in [4.78, 5) is 3.63. The molecule has 0 fully saturated rings. The van der Waals surface area contributed by atoms with Gasteiger partial charge in [-0.05, 0) is 48.2 Å². The van der Waals surface area contributed by atoms with Crippen LogP contribution in [0.5, 0.6) is 5.75 Å². The molecule has 2 N–H and O–H groups in total. The molecule has 1 atom stereocenters. The molecular formula is C19H20N2O. The van der Waals surface area contributed by atoms with E-state index in [0.29, 0.717) is 0 Å². The van der Waals surface area contributed by atoms with Crippen LogP contribution in [0.3, 0.4) is 0 Å². The van der Waals surface area contributed by atoms with Crippen LogP contribution >= 0.6 is 0 Å². The Labute approximate surface area is 130 Å². The first kappa shape index (κ1) is 13.4. The third-order valence-electron chi connectivity index (χ3n) is 4.66. The maximum absolute atomic E-state index is 5.38. The van der Waals surface area contributed by atoms with E-state index in [1.165, 1.54) is 33.3 Å². The van der Waals surface area contributed by atoms with Gasteiger partial charge in [0.05, 0.1) is 13.2 Å². The first-order valence-corrected chi connectivity index (χ1v) is 7.75. The average Bonchev–Trinajstić information content (AvgIpc) is 2.93. The molecule has 0 aliphatic carbocycles. The van der Waals surface area contributed by atoms with E-state index in [-0.39, 0.29) is 6.04 Å². The van der Waals surface area contributed by atoms with Gasteiger partial charge in [-0.2, -0.15) is 0 Å². The van der Waals surface area contributed by atoms with Crippen LogP contribution < -0.4 is 10.1 Å². The lowest BCUT2D eigenvalue weighted by molar-refractivity contribution is 0.415. The summed E-state index contributed by atoms with van der Waals surface area (Å²) in [7, 11) is 1.72. The molecule has 22 heavy (non-hydrogen) atoms. The van der Waals surface area contributed by atoms with E-state index in [4.69, 9.17) is 4.74 Å². The zero-order chi connectivity index (χ0) is 15.1. The van der Waals surface area contributed by atoms with E-state index >= 15 is 0 Å². The minimum atomic E-state index is 0.239. The minimum Gasteiger partial charge on any atom is -0.497 e. The van der Waals surface area contributed by atoms with Crippen LogP contribution in [0.1, 0.15) is 28.4 Å². The molecule has 2 heterocycles. The Hall–Kier alpha value is -2.26. The summed E-state index contributed by atoms with van der Waals surface area (Å²) in [5, 5.41) is 4.95. The van der Waals surface area contributed by atoms with Crippen LogP contribution in [0.25, 0.3) is 10.9 Å². The Morgan fingerprint density at radius 2 is 2.00 bits per heavy atom. The number of hydrogen-bond donors (Lipinski definition) is 2. The van der Waals surface area contributed by atoms with Crippen LogP contribution in [0.15, 0.2) is 42.5 Å². The second-order valence-corrected chi connectivity index (χ2v) is 5.92. The molecule has 0 saturated heterocycles. The summed E-state index contributed by atoms with van der Waals surface area (Å²) < 4.78 is 5.38. The normalized spacial score (nSPS) is 17.5. The van der Waals surface area contributed by atoms with Crippen molar-refractivity contribution in [1.29, 1.82) is 0 Å². The molecule has 3 heteroatoms. The smallest absolute Gasteiger partial charge is 0.119 e. The zero-order valence-electron chi connectivity index (χ0n) is 12.9. The summed E-state index contributed by atoms with van der Waals surface area (Å²) in [6, 6.07) is 15.1. The van der Waals surface area contributed by atoms with Crippen LogP contribution in [0.2, 0.25) is 0 Å². The molecule has 1 aliphatic rings. The van der Waals surface area contributed by atoms with Crippen molar-refractivity contribution in [2.45, 2.75) is 19.4 Å². The van der Waals surface area contributed by atoms with Crippen molar-refractivity contribution in [2.75, 3.05) is 13.7 Å². The summed E-state index contributed by atoms with van der Waals surface area (Å²) in [6.07, 6.45) is 1.05. The third-order valence-corrected chi connectivity index (χ3v) is 4.66. The van der Waals surface area contributed by atoms with Crippen molar-refractivity contribution in [3.8, 4) is 5.75 Å². The molecule has 0 bridgehead atoms. The molecule has 0 saturated carbocycles. The quantitative estimate of drug-likeness (QED) is 0.755. The summed E-state index contributed by atoms with van der Waals surface area (Å²) in [5.41, 5.74) is 6.57. The molecule has 4 rings (SSSR count). The number of fused-ring (bicyclic) bond motifs is 3. The minimum absolute atomic E-state index is 0.239. The first-order valence-electron chi connectivity index (χ1n) is 7.75. The lowest BCUT2D eigenvalue weighted by Gasteiger charge is -2.26. The fourth-order valence-electron chi connectivity index (χ4n) is 3.51. The Balaban J connectivity index is 1.90. The Kier molecular flexibility index (Phi) is 3.16. The molecule has 0 amide bonds. The molecule has 112 valence electrons. The summed E-state index contributed by atoms with van der Waals surface area (Å²) in [6.45, 7) is 3.17. The monoisotopic (exact) mass is 292 g/mol. The highest BCUT2D eigenvalue weighted by atomic mass is 16.5. The Bertz CT molecular complexity index is 835. The third kappa shape index (κ3) is 2.01. The lowest BCUT2D eigenvalue weighted by Crippen LogP contribution is -2.30. The second-order valence-electron chi connectivity index (χ2n) is 5.92. The number of methoxy groups -OCH3 is 1. The molecule has 1 aliphatic heterocycles. The number of aryl methyl sites for hydroxylation is 1. The van der Waals surface area contributed by atoms with Gasteiger partial charge in [-0.25, -0.2) is 0 Å². The van der Waals surface area contributed by atoms with Crippen LogP contribution in [0, 0.1) is 6.92 Å². The first-order chi connectivity index (χ1) is 10.8. The fourth-order valence-corrected chi connectivity index (χ4v) is 3.51. The molecular weight excluding hydrogens is 272 g/mol. The number of nitrogens with one attached hydrogen (secondary N) is 2. The highest BCUT2D eigenvalue weighted by Gasteiger charge is 2.26. The van der Waals surface area contributed by atoms with E-state index in [2.05, 4.69) is 53.6 Å². The number of hydrogen-bond acceptors (Lipinski definition) is 2. The van der Waals surface area contributed by atoms with Gasteiger partial charge in [0.15, 0.2) is 0 Å². The standard InChI is InChI=1S/C19H20N2O/c1-12-5-3-4-6-14(12)18-19-15(9-10-20-18)16-11-13(22-2)7-8-17(16)21-19/h3-8,11,18,20-21H,9-10H2,1-2H3/t18-/m1/s1. The molecule has 3 nitrogen and oxygen atoms in total. The van der Waals surface area contributed by atoms with E-state index < -0.39 is 0 Å². The number of rotatable bonds is 2. The van der Waals surface area contributed by atoms with Gasteiger partial charge in [0.25, 0.3) is 0 Å². The summed E-state index contributed by atoms with van der Waals surface area (Å²) >= 11 is 0. The average molecular weight is 292 g/mol. The van der Waals surface area contributed by atoms with E-state index in [1.54, 1.807) is 7.11 Å². The number of ether oxygens (including phenoxy) is 1. The van der Waals surface area contributed by atoms with Crippen molar-refractivity contribution in [3.05, 3.63) is 64.8 Å². The van der Waals surface area contributed by atoms with Gasteiger partial charge in [-0.3, -0.25) is 0 Å². The topological polar surface area (TPSA) is 37.0 Å². The highest BCUT2D eigenvalue weighted by Crippen LogP contribution is 2.35. The van der Waals surface area contributed by atoms with Gasteiger partial charge in [0, 0.05) is 23.1 Å². The fraction of sp³-hybridized carbons (Fsp3) is 0.263. The van der Waals surface area contributed by atoms with Gasteiger partial charge >= 0.3 is 0 Å². The zero-order valence-corrected chi connectivity index (χ0v) is 12.9. The van der Waals surface area contributed by atoms with Crippen molar-refractivity contribution in [2.24, 2.45) is 0 Å². The maximum Gasteiger partial charge on any atom is 0.119 e.